The summed E-state index contributed by atoms with van der Waals surface area (Å²) in [7, 11) is 1.69. The molecule has 2 fully saturated rings. The van der Waals surface area contributed by atoms with E-state index in [0.29, 0.717) is 31.8 Å². The summed E-state index contributed by atoms with van der Waals surface area (Å²) >= 11 is 0. The molecular formula is C18H30N2O4. The number of likely N-dealkylation sites (N-methyl/N-ethyl adjacent to an activating group) is 1. The third-order valence-corrected chi connectivity index (χ3v) is 5.53. The Balaban J connectivity index is 1.76. The third kappa shape index (κ3) is 4.95. The molecule has 1 heterocycles. The van der Waals surface area contributed by atoms with E-state index in [2.05, 4.69) is 0 Å². The molecule has 1 aliphatic heterocycles. The molecule has 0 bridgehead atoms. The van der Waals surface area contributed by atoms with E-state index < -0.39 is 5.97 Å². The summed E-state index contributed by atoms with van der Waals surface area (Å²) in [6.07, 6.45) is 6.89. The molecule has 1 atom stereocenters. The summed E-state index contributed by atoms with van der Waals surface area (Å²) in [4.78, 5) is 39.0. The summed E-state index contributed by atoms with van der Waals surface area (Å²) in [5, 5.41) is 9.00. The van der Waals surface area contributed by atoms with Crippen molar-refractivity contribution in [3.63, 3.8) is 0 Å². The van der Waals surface area contributed by atoms with Crippen LogP contribution in [0.1, 0.15) is 51.9 Å². The molecule has 6 heteroatoms. The molecule has 1 unspecified atom stereocenters. The Morgan fingerprint density at radius 3 is 2.25 bits per heavy atom. The maximum absolute atomic E-state index is 12.5. The monoisotopic (exact) mass is 338 g/mol. The number of aliphatic carboxylic acids is 1. The number of carbonyl (C=O) groups excluding carboxylic acids is 2. The van der Waals surface area contributed by atoms with Gasteiger partial charge in [0.1, 0.15) is 0 Å². The number of hydrogen-bond acceptors (Lipinski definition) is 3. The average Bonchev–Trinajstić information content (AvgIpc) is 3.06. The molecule has 136 valence electrons. The van der Waals surface area contributed by atoms with Gasteiger partial charge in [0.2, 0.25) is 11.8 Å². The summed E-state index contributed by atoms with van der Waals surface area (Å²) in [5.41, 5.74) is 0. The molecule has 24 heavy (non-hydrogen) atoms. The first-order valence-electron chi connectivity index (χ1n) is 9.14. The molecule has 0 spiro atoms. The van der Waals surface area contributed by atoms with Gasteiger partial charge >= 0.3 is 5.97 Å². The highest BCUT2D eigenvalue weighted by Crippen LogP contribution is 2.30. The predicted molar refractivity (Wildman–Crippen MR) is 90.3 cm³/mol. The van der Waals surface area contributed by atoms with E-state index in [1.165, 1.54) is 30.6 Å². The highest BCUT2D eigenvalue weighted by molar-refractivity contribution is 5.85. The Bertz CT molecular complexity index is 466. The van der Waals surface area contributed by atoms with Crippen molar-refractivity contribution in [2.75, 3.05) is 26.7 Å². The maximum Gasteiger partial charge on any atom is 0.306 e. The fraction of sp³-hybridized carbons (Fsp3) is 0.833. The second-order valence-electron chi connectivity index (χ2n) is 7.47. The van der Waals surface area contributed by atoms with Crippen molar-refractivity contribution in [2.24, 2.45) is 17.8 Å². The van der Waals surface area contributed by atoms with Crippen molar-refractivity contribution < 1.29 is 19.5 Å². The van der Waals surface area contributed by atoms with Crippen molar-refractivity contribution in [1.29, 1.82) is 0 Å². The molecule has 2 amide bonds. The predicted octanol–water partition coefficient (Wildman–Crippen LogP) is 1.98. The molecule has 1 saturated carbocycles. The number of carboxylic acid groups (broad SMARTS) is 1. The zero-order valence-corrected chi connectivity index (χ0v) is 14.9. The van der Waals surface area contributed by atoms with Gasteiger partial charge in [0, 0.05) is 26.1 Å². The highest BCUT2D eigenvalue weighted by atomic mass is 16.4. The van der Waals surface area contributed by atoms with Crippen molar-refractivity contribution in [3.8, 4) is 0 Å². The Morgan fingerprint density at radius 2 is 1.71 bits per heavy atom. The van der Waals surface area contributed by atoms with Crippen LogP contribution >= 0.6 is 0 Å². The van der Waals surface area contributed by atoms with Gasteiger partial charge in [-0.05, 0) is 25.2 Å². The lowest BCUT2D eigenvalue weighted by Gasteiger charge is -2.32. The Hall–Kier alpha value is -1.59. The largest absolute Gasteiger partial charge is 0.481 e. The van der Waals surface area contributed by atoms with E-state index in [4.69, 9.17) is 5.11 Å². The van der Waals surface area contributed by atoms with Crippen molar-refractivity contribution >= 4 is 17.8 Å². The SMILES string of the molecule is CC(CC1CCCC1)C(=O)N(C)CC(=O)N1CCC(C(=O)O)CC1. The molecule has 2 rings (SSSR count). The lowest BCUT2D eigenvalue weighted by molar-refractivity contribution is -0.147. The first-order valence-corrected chi connectivity index (χ1v) is 9.14. The molecule has 1 aliphatic carbocycles. The zero-order chi connectivity index (χ0) is 17.7. The zero-order valence-electron chi connectivity index (χ0n) is 14.9. The number of likely N-dealkylation sites (tertiary alicyclic amines) is 1. The smallest absolute Gasteiger partial charge is 0.306 e. The molecule has 0 aromatic heterocycles. The van der Waals surface area contributed by atoms with E-state index in [1.807, 2.05) is 6.92 Å². The van der Waals surface area contributed by atoms with Crippen molar-refractivity contribution in [2.45, 2.75) is 51.9 Å². The van der Waals surface area contributed by atoms with Crippen molar-refractivity contribution in [1.82, 2.24) is 9.80 Å². The second kappa shape index (κ2) is 8.49. The fourth-order valence-electron chi connectivity index (χ4n) is 3.98. The van der Waals surface area contributed by atoms with Crippen LogP contribution in [-0.2, 0) is 14.4 Å². The van der Waals surface area contributed by atoms with Crippen LogP contribution in [0.5, 0.6) is 0 Å². The number of carboxylic acids is 1. The Morgan fingerprint density at radius 1 is 1.12 bits per heavy atom. The lowest BCUT2D eigenvalue weighted by atomic mass is 9.93. The number of nitrogens with zero attached hydrogens (tertiary/aromatic N) is 2. The van der Waals surface area contributed by atoms with Gasteiger partial charge < -0.3 is 14.9 Å². The minimum Gasteiger partial charge on any atom is -0.481 e. The van der Waals surface area contributed by atoms with Crippen LogP contribution in [-0.4, -0.2) is 59.4 Å². The minimum atomic E-state index is -0.782. The Kier molecular flexibility index (Phi) is 6.63. The van der Waals surface area contributed by atoms with Crippen molar-refractivity contribution in [3.05, 3.63) is 0 Å². The number of amides is 2. The first kappa shape index (κ1) is 18.7. The highest BCUT2D eigenvalue weighted by Gasteiger charge is 2.29. The Labute approximate surface area is 144 Å². The number of carbonyl (C=O) groups is 3. The summed E-state index contributed by atoms with van der Waals surface area (Å²) in [6, 6.07) is 0. The molecule has 1 saturated heterocycles. The van der Waals surface area contributed by atoms with Gasteiger partial charge in [-0.25, -0.2) is 0 Å². The van der Waals surface area contributed by atoms with Crippen LogP contribution < -0.4 is 0 Å². The number of hydrogen-bond donors (Lipinski definition) is 1. The van der Waals surface area contributed by atoms with E-state index in [-0.39, 0.29) is 30.2 Å². The lowest BCUT2D eigenvalue weighted by Crippen LogP contribution is -2.46. The average molecular weight is 338 g/mol. The number of piperidine rings is 1. The molecule has 1 N–H and O–H groups in total. The van der Waals surface area contributed by atoms with Gasteiger partial charge in [-0.15, -0.1) is 0 Å². The quantitative estimate of drug-likeness (QED) is 0.803. The van der Waals surface area contributed by atoms with Gasteiger partial charge in [-0.2, -0.15) is 0 Å². The van der Waals surface area contributed by atoms with Crippen LogP contribution in [0, 0.1) is 17.8 Å². The maximum atomic E-state index is 12.5. The van der Waals surface area contributed by atoms with Gasteiger partial charge in [-0.3, -0.25) is 14.4 Å². The topological polar surface area (TPSA) is 77.9 Å². The molecule has 6 nitrogen and oxygen atoms in total. The van der Waals surface area contributed by atoms with E-state index in [0.717, 1.165) is 6.42 Å². The van der Waals surface area contributed by atoms with Gasteiger partial charge in [0.05, 0.1) is 12.5 Å². The van der Waals surface area contributed by atoms with Crippen LogP contribution in [0.15, 0.2) is 0 Å². The second-order valence-corrected chi connectivity index (χ2v) is 7.47. The number of rotatable bonds is 6. The van der Waals surface area contributed by atoms with E-state index >= 15 is 0 Å². The minimum absolute atomic E-state index is 0.0377. The summed E-state index contributed by atoms with van der Waals surface area (Å²) in [5.74, 6) is -0.555. The van der Waals surface area contributed by atoms with Gasteiger partial charge in [-0.1, -0.05) is 32.6 Å². The molecule has 0 radical (unpaired) electrons. The molecular weight excluding hydrogens is 308 g/mol. The normalized spacial score (nSPS) is 20.8. The van der Waals surface area contributed by atoms with Gasteiger partial charge in [0.15, 0.2) is 0 Å². The standard InChI is InChI=1S/C18H30N2O4/c1-13(11-14-5-3-4-6-14)17(22)19(2)12-16(21)20-9-7-15(8-10-20)18(23)24/h13-15H,3-12H2,1-2H3,(H,23,24). The van der Waals surface area contributed by atoms with Gasteiger partial charge in [0.25, 0.3) is 0 Å². The fourth-order valence-corrected chi connectivity index (χ4v) is 3.98. The van der Waals surface area contributed by atoms with E-state index in [1.54, 1.807) is 11.9 Å². The van der Waals surface area contributed by atoms with Crippen LogP contribution in [0.25, 0.3) is 0 Å². The van der Waals surface area contributed by atoms with Crippen LogP contribution in [0.4, 0.5) is 0 Å². The van der Waals surface area contributed by atoms with Crippen LogP contribution in [0.2, 0.25) is 0 Å². The summed E-state index contributed by atoms with van der Waals surface area (Å²) in [6.45, 7) is 2.98. The third-order valence-electron chi connectivity index (χ3n) is 5.53. The van der Waals surface area contributed by atoms with Crippen LogP contribution in [0.3, 0.4) is 0 Å². The first-order chi connectivity index (χ1) is 11.4. The van der Waals surface area contributed by atoms with E-state index in [9.17, 15) is 14.4 Å². The summed E-state index contributed by atoms with van der Waals surface area (Å²) < 4.78 is 0. The molecule has 0 aromatic rings. The molecule has 2 aliphatic rings. The molecule has 0 aromatic carbocycles.